The number of unbranched alkanes of at least 4 members (excludes halogenated alkanes) is 7. The molecule has 4 atom stereocenters. The van der Waals surface area contributed by atoms with Gasteiger partial charge in [0.05, 0.1) is 0 Å². The molecule has 246 valence electrons. The standard InChI is InChI=1S/C29H51N5O9/c1-5-6-7-8-9-10-11-15-24(36)34-23(29(42)43)16-17-25(37)33-22(14-12-13-18-30-21(4)35)27(39)31-19(2)26(38)32-20(3)28(40)41/h19-20,22-23H,5-18H2,1-4H3,(H,30,35)(H,31,39)(H,32,38)(H,33,37)(H,34,36)(H,40,41)(H,42,43)/t19-,20-,22+,23-/m1/s1. The van der Waals surface area contributed by atoms with Gasteiger partial charge in [-0.05, 0) is 46.0 Å². The van der Waals surface area contributed by atoms with Gasteiger partial charge < -0.3 is 36.8 Å². The third-order valence-electron chi connectivity index (χ3n) is 6.73. The Morgan fingerprint density at radius 1 is 0.581 bits per heavy atom. The smallest absolute Gasteiger partial charge is 0.326 e. The molecule has 0 aromatic rings. The van der Waals surface area contributed by atoms with Crippen LogP contribution in [0.5, 0.6) is 0 Å². The molecule has 0 heterocycles. The maximum absolute atomic E-state index is 12.9. The molecule has 0 aromatic heterocycles. The van der Waals surface area contributed by atoms with Crippen LogP contribution in [0.2, 0.25) is 0 Å². The minimum atomic E-state index is -1.27. The van der Waals surface area contributed by atoms with Crippen LogP contribution in [0.25, 0.3) is 0 Å². The Morgan fingerprint density at radius 2 is 1.14 bits per heavy atom. The molecule has 0 spiro atoms. The zero-order valence-electron chi connectivity index (χ0n) is 26.0. The molecule has 0 saturated carbocycles. The van der Waals surface area contributed by atoms with Crippen molar-refractivity contribution in [3.63, 3.8) is 0 Å². The highest BCUT2D eigenvalue weighted by atomic mass is 16.4. The topological polar surface area (TPSA) is 220 Å². The van der Waals surface area contributed by atoms with Crippen molar-refractivity contribution in [1.82, 2.24) is 26.6 Å². The Kier molecular flexibility index (Phi) is 20.9. The van der Waals surface area contributed by atoms with E-state index in [1.165, 1.54) is 27.2 Å². The molecule has 5 amide bonds. The van der Waals surface area contributed by atoms with E-state index in [-0.39, 0.29) is 31.6 Å². The van der Waals surface area contributed by atoms with E-state index >= 15 is 0 Å². The maximum Gasteiger partial charge on any atom is 0.326 e. The summed E-state index contributed by atoms with van der Waals surface area (Å²) < 4.78 is 0. The SMILES string of the molecule is CCCCCCCCCC(=O)N[C@H](CCC(=O)N[C@@H](CCCCNC(C)=O)C(=O)N[C@H](C)C(=O)N[C@H](C)C(=O)O)C(=O)O. The third-order valence-corrected chi connectivity index (χ3v) is 6.73. The normalized spacial score (nSPS) is 13.5. The van der Waals surface area contributed by atoms with Crippen LogP contribution >= 0.6 is 0 Å². The van der Waals surface area contributed by atoms with Crippen molar-refractivity contribution in [2.75, 3.05) is 6.54 Å². The van der Waals surface area contributed by atoms with E-state index in [0.717, 1.165) is 32.1 Å². The molecule has 14 nitrogen and oxygen atoms in total. The molecule has 0 unspecified atom stereocenters. The second-order valence-corrected chi connectivity index (χ2v) is 10.8. The number of carboxylic acids is 2. The molecule has 0 aliphatic heterocycles. The first-order valence-corrected chi connectivity index (χ1v) is 15.2. The fourth-order valence-corrected chi connectivity index (χ4v) is 4.09. The fraction of sp³-hybridized carbons (Fsp3) is 0.759. The van der Waals surface area contributed by atoms with E-state index in [1.54, 1.807) is 0 Å². The molecule has 43 heavy (non-hydrogen) atoms. The van der Waals surface area contributed by atoms with Crippen molar-refractivity contribution in [2.24, 2.45) is 0 Å². The van der Waals surface area contributed by atoms with E-state index in [1.807, 2.05) is 0 Å². The van der Waals surface area contributed by atoms with Gasteiger partial charge in [0.25, 0.3) is 0 Å². The zero-order valence-corrected chi connectivity index (χ0v) is 26.0. The summed E-state index contributed by atoms with van der Waals surface area (Å²) in [6.45, 7) is 6.51. The number of rotatable bonds is 24. The van der Waals surface area contributed by atoms with Crippen LogP contribution < -0.4 is 26.6 Å². The number of aliphatic carboxylic acids is 2. The maximum atomic E-state index is 12.9. The Balaban J connectivity index is 5.01. The van der Waals surface area contributed by atoms with Crippen molar-refractivity contribution in [3.8, 4) is 0 Å². The highest BCUT2D eigenvalue weighted by molar-refractivity contribution is 5.93. The van der Waals surface area contributed by atoms with Gasteiger partial charge in [0, 0.05) is 26.3 Å². The summed E-state index contributed by atoms with van der Waals surface area (Å²) in [5, 5.41) is 30.9. The second kappa shape index (κ2) is 22.8. The number of carbonyl (C=O) groups is 7. The van der Waals surface area contributed by atoms with Crippen LogP contribution in [0.15, 0.2) is 0 Å². The zero-order chi connectivity index (χ0) is 32.8. The van der Waals surface area contributed by atoms with Gasteiger partial charge in [0.1, 0.15) is 24.2 Å². The van der Waals surface area contributed by atoms with Crippen LogP contribution in [-0.2, 0) is 33.6 Å². The average molecular weight is 614 g/mol. The summed E-state index contributed by atoms with van der Waals surface area (Å²) in [5.74, 6) is -5.16. The highest BCUT2D eigenvalue weighted by Gasteiger charge is 2.27. The minimum absolute atomic E-state index is 0.161. The van der Waals surface area contributed by atoms with Crippen molar-refractivity contribution in [2.45, 2.75) is 135 Å². The van der Waals surface area contributed by atoms with E-state index in [0.29, 0.717) is 25.8 Å². The van der Waals surface area contributed by atoms with E-state index in [2.05, 4.69) is 33.5 Å². The number of hydrogen-bond acceptors (Lipinski definition) is 7. The van der Waals surface area contributed by atoms with Crippen LogP contribution in [0, 0.1) is 0 Å². The van der Waals surface area contributed by atoms with Crippen LogP contribution in [0.4, 0.5) is 0 Å². The molecule has 0 bridgehead atoms. The summed E-state index contributed by atoms with van der Waals surface area (Å²) in [5.41, 5.74) is 0. The van der Waals surface area contributed by atoms with Gasteiger partial charge in [-0.2, -0.15) is 0 Å². The lowest BCUT2D eigenvalue weighted by Crippen LogP contribution is -2.54. The summed E-state index contributed by atoms with van der Waals surface area (Å²) in [4.78, 5) is 83.9. The number of nitrogens with one attached hydrogen (secondary N) is 5. The molecule has 0 aliphatic carbocycles. The van der Waals surface area contributed by atoms with E-state index < -0.39 is 59.7 Å². The van der Waals surface area contributed by atoms with Gasteiger partial charge in [-0.1, -0.05) is 45.4 Å². The molecule has 7 N–H and O–H groups in total. The van der Waals surface area contributed by atoms with Crippen molar-refractivity contribution >= 4 is 41.5 Å². The van der Waals surface area contributed by atoms with Gasteiger partial charge in [0.15, 0.2) is 0 Å². The van der Waals surface area contributed by atoms with Crippen molar-refractivity contribution < 1.29 is 43.8 Å². The Hall–Kier alpha value is -3.71. The monoisotopic (exact) mass is 613 g/mol. The molecular formula is C29H51N5O9. The fourth-order valence-electron chi connectivity index (χ4n) is 4.09. The van der Waals surface area contributed by atoms with Gasteiger partial charge in [-0.25, -0.2) is 4.79 Å². The Morgan fingerprint density at radius 3 is 1.72 bits per heavy atom. The minimum Gasteiger partial charge on any atom is -0.480 e. The predicted molar refractivity (Wildman–Crippen MR) is 159 cm³/mol. The number of carboxylic acid groups (broad SMARTS) is 2. The molecule has 0 aromatic carbocycles. The predicted octanol–water partition coefficient (Wildman–Crippen LogP) is 1.36. The molecule has 0 fully saturated rings. The van der Waals surface area contributed by atoms with Gasteiger partial charge in [0.2, 0.25) is 29.5 Å². The van der Waals surface area contributed by atoms with Crippen LogP contribution in [-0.4, -0.2) is 82.4 Å². The van der Waals surface area contributed by atoms with Gasteiger partial charge in [-0.15, -0.1) is 0 Å². The molecule has 0 saturated heterocycles. The largest absolute Gasteiger partial charge is 0.480 e. The first-order chi connectivity index (χ1) is 20.3. The summed E-state index contributed by atoms with van der Waals surface area (Å²) >= 11 is 0. The second-order valence-electron chi connectivity index (χ2n) is 10.8. The first-order valence-electron chi connectivity index (χ1n) is 15.2. The van der Waals surface area contributed by atoms with Crippen molar-refractivity contribution in [1.29, 1.82) is 0 Å². The number of carbonyl (C=O) groups excluding carboxylic acids is 5. The van der Waals surface area contributed by atoms with E-state index in [4.69, 9.17) is 5.11 Å². The Labute approximate surface area is 253 Å². The third kappa shape index (κ3) is 19.9. The van der Waals surface area contributed by atoms with Gasteiger partial charge >= 0.3 is 11.9 Å². The van der Waals surface area contributed by atoms with Crippen LogP contribution in [0.3, 0.4) is 0 Å². The molecule has 0 radical (unpaired) electrons. The quantitative estimate of drug-likeness (QED) is 0.0780. The molecule has 14 heteroatoms. The lowest BCUT2D eigenvalue weighted by Gasteiger charge is -2.22. The summed E-state index contributed by atoms with van der Waals surface area (Å²) in [6.07, 6.45) is 7.97. The highest BCUT2D eigenvalue weighted by Crippen LogP contribution is 2.09. The lowest BCUT2D eigenvalue weighted by molar-refractivity contribution is -0.142. The van der Waals surface area contributed by atoms with Crippen molar-refractivity contribution in [3.05, 3.63) is 0 Å². The molecular weight excluding hydrogens is 562 g/mol. The summed E-state index contributed by atoms with van der Waals surface area (Å²) in [6, 6.07) is -4.62. The number of hydrogen-bond donors (Lipinski definition) is 7. The first kappa shape index (κ1) is 39.3. The Bertz CT molecular complexity index is 928. The molecule has 0 rings (SSSR count). The number of amides is 5. The summed E-state index contributed by atoms with van der Waals surface area (Å²) in [7, 11) is 0. The van der Waals surface area contributed by atoms with Gasteiger partial charge in [-0.3, -0.25) is 28.8 Å². The average Bonchev–Trinajstić information content (AvgIpc) is 2.93. The van der Waals surface area contributed by atoms with E-state index in [9.17, 15) is 38.7 Å². The molecule has 0 aliphatic rings. The van der Waals surface area contributed by atoms with Crippen LogP contribution in [0.1, 0.15) is 111 Å². The lowest BCUT2D eigenvalue weighted by atomic mass is 10.1.